The van der Waals surface area contributed by atoms with Crippen molar-refractivity contribution in [3.63, 3.8) is 0 Å². The van der Waals surface area contributed by atoms with Crippen LogP contribution in [0.2, 0.25) is 0 Å². The third-order valence-electron chi connectivity index (χ3n) is 4.23. The topological polar surface area (TPSA) is 32.3 Å². The molecule has 2 fully saturated rings. The van der Waals surface area contributed by atoms with Crippen molar-refractivity contribution >= 4 is 21.8 Å². The second-order valence-electron chi connectivity index (χ2n) is 6.03. The summed E-state index contributed by atoms with van der Waals surface area (Å²) in [7, 11) is 0. The standard InChI is InChI=1S/C16H21BrN2O/c1-11-8-12(10-13(17)9-11)16(20)18-14-4-6-19(7-5-14)15-2-3-15/h8-10,14-15H,2-7H2,1H3,(H,18,20). The number of benzene rings is 1. The fraction of sp³-hybridized carbons (Fsp3) is 0.562. The number of carbonyl (C=O) groups is 1. The lowest BCUT2D eigenvalue weighted by molar-refractivity contribution is 0.0909. The molecular weight excluding hydrogens is 316 g/mol. The van der Waals surface area contributed by atoms with Crippen molar-refractivity contribution in [3.05, 3.63) is 33.8 Å². The van der Waals surface area contributed by atoms with E-state index < -0.39 is 0 Å². The van der Waals surface area contributed by atoms with Crippen LogP contribution in [0.1, 0.15) is 41.6 Å². The highest BCUT2D eigenvalue weighted by Gasteiger charge is 2.32. The fourth-order valence-corrected chi connectivity index (χ4v) is 3.59. The summed E-state index contributed by atoms with van der Waals surface area (Å²) in [5.41, 5.74) is 1.86. The van der Waals surface area contributed by atoms with Gasteiger partial charge < -0.3 is 10.2 Å². The van der Waals surface area contributed by atoms with Gasteiger partial charge in [0.25, 0.3) is 5.91 Å². The second-order valence-corrected chi connectivity index (χ2v) is 6.95. The van der Waals surface area contributed by atoms with E-state index in [-0.39, 0.29) is 5.91 Å². The van der Waals surface area contributed by atoms with Gasteiger partial charge in [0, 0.05) is 35.2 Å². The molecule has 3 rings (SSSR count). The van der Waals surface area contributed by atoms with Crippen molar-refractivity contribution in [2.45, 2.75) is 44.7 Å². The summed E-state index contributed by atoms with van der Waals surface area (Å²) in [6.07, 6.45) is 4.90. The van der Waals surface area contributed by atoms with Gasteiger partial charge >= 0.3 is 0 Å². The molecule has 1 saturated carbocycles. The minimum Gasteiger partial charge on any atom is -0.349 e. The number of hydrogen-bond acceptors (Lipinski definition) is 2. The maximum Gasteiger partial charge on any atom is 0.251 e. The molecule has 2 aliphatic rings. The number of amides is 1. The molecule has 20 heavy (non-hydrogen) atoms. The third-order valence-corrected chi connectivity index (χ3v) is 4.69. The number of piperidine rings is 1. The first-order valence-electron chi connectivity index (χ1n) is 7.44. The summed E-state index contributed by atoms with van der Waals surface area (Å²) in [5, 5.41) is 3.18. The molecule has 0 bridgehead atoms. The Morgan fingerprint density at radius 3 is 2.50 bits per heavy atom. The van der Waals surface area contributed by atoms with E-state index in [1.807, 2.05) is 25.1 Å². The van der Waals surface area contributed by atoms with Gasteiger partial charge in [0.05, 0.1) is 0 Å². The lowest BCUT2D eigenvalue weighted by Gasteiger charge is -2.32. The highest BCUT2D eigenvalue weighted by Crippen LogP contribution is 2.29. The Labute approximate surface area is 128 Å². The van der Waals surface area contributed by atoms with E-state index in [0.29, 0.717) is 6.04 Å². The molecule has 0 atom stereocenters. The summed E-state index contributed by atoms with van der Waals surface area (Å²) in [5.74, 6) is 0.0549. The molecule has 1 saturated heterocycles. The van der Waals surface area contributed by atoms with Crippen molar-refractivity contribution in [2.75, 3.05) is 13.1 Å². The molecule has 0 unspecified atom stereocenters. The summed E-state index contributed by atoms with van der Waals surface area (Å²) < 4.78 is 0.964. The van der Waals surface area contributed by atoms with E-state index in [4.69, 9.17) is 0 Å². The average Bonchev–Trinajstić information content (AvgIpc) is 3.23. The second kappa shape index (κ2) is 5.86. The van der Waals surface area contributed by atoms with Crippen molar-refractivity contribution in [2.24, 2.45) is 0 Å². The Bertz CT molecular complexity index is 485. The highest BCUT2D eigenvalue weighted by molar-refractivity contribution is 9.10. The Hall–Kier alpha value is -0.870. The molecule has 1 heterocycles. The zero-order chi connectivity index (χ0) is 14.1. The van der Waals surface area contributed by atoms with Crippen molar-refractivity contribution in [3.8, 4) is 0 Å². The largest absolute Gasteiger partial charge is 0.349 e. The van der Waals surface area contributed by atoms with Gasteiger partial charge in [-0.05, 0) is 56.4 Å². The van der Waals surface area contributed by atoms with Crippen LogP contribution in [-0.4, -0.2) is 36.0 Å². The summed E-state index contributed by atoms with van der Waals surface area (Å²) >= 11 is 3.45. The Balaban J connectivity index is 1.56. The number of carbonyl (C=O) groups excluding carboxylic acids is 1. The van der Waals surface area contributed by atoms with E-state index >= 15 is 0 Å². The molecule has 0 radical (unpaired) electrons. The molecule has 0 spiro atoms. The predicted octanol–water partition coefficient (Wildman–Crippen LogP) is 3.11. The minimum atomic E-state index is 0.0549. The smallest absolute Gasteiger partial charge is 0.251 e. The summed E-state index contributed by atoms with van der Waals surface area (Å²) in [6.45, 7) is 4.27. The number of halogens is 1. The van der Waals surface area contributed by atoms with Gasteiger partial charge in [-0.25, -0.2) is 0 Å². The third kappa shape index (κ3) is 3.41. The van der Waals surface area contributed by atoms with Crippen LogP contribution in [0, 0.1) is 6.92 Å². The quantitative estimate of drug-likeness (QED) is 0.919. The monoisotopic (exact) mass is 336 g/mol. The van der Waals surface area contributed by atoms with Gasteiger partial charge in [0.15, 0.2) is 0 Å². The minimum absolute atomic E-state index is 0.0549. The van der Waals surface area contributed by atoms with Crippen LogP contribution in [0.25, 0.3) is 0 Å². The molecule has 4 heteroatoms. The summed E-state index contributed by atoms with van der Waals surface area (Å²) in [6, 6.07) is 7.03. The number of nitrogens with one attached hydrogen (secondary N) is 1. The van der Waals surface area contributed by atoms with Gasteiger partial charge in [-0.2, -0.15) is 0 Å². The van der Waals surface area contributed by atoms with Crippen LogP contribution < -0.4 is 5.32 Å². The Morgan fingerprint density at radius 1 is 1.20 bits per heavy atom. The molecule has 1 amide bonds. The molecular formula is C16H21BrN2O. The van der Waals surface area contributed by atoms with Gasteiger partial charge in [0.1, 0.15) is 0 Å². The van der Waals surface area contributed by atoms with E-state index in [2.05, 4.69) is 26.1 Å². The van der Waals surface area contributed by atoms with Gasteiger partial charge in [-0.3, -0.25) is 4.79 Å². The van der Waals surface area contributed by atoms with E-state index in [0.717, 1.165) is 47.6 Å². The van der Waals surface area contributed by atoms with Crippen LogP contribution in [0.3, 0.4) is 0 Å². The van der Waals surface area contributed by atoms with Crippen LogP contribution in [0.5, 0.6) is 0 Å². The lowest BCUT2D eigenvalue weighted by Crippen LogP contribution is -2.45. The first-order chi connectivity index (χ1) is 9.61. The molecule has 3 nitrogen and oxygen atoms in total. The van der Waals surface area contributed by atoms with Crippen molar-refractivity contribution in [1.29, 1.82) is 0 Å². The first kappa shape index (κ1) is 14.1. The summed E-state index contributed by atoms with van der Waals surface area (Å²) in [4.78, 5) is 14.9. The van der Waals surface area contributed by atoms with Gasteiger partial charge in [-0.1, -0.05) is 15.9 Å². The Kier molecular flexibility index (Phi) is 4.13. The maximum atomic E-state index is 12.3. The molecule has 1 aliphatic carbocycles. The first-order valence-corrected chi connectivity index (χ1v) is 8.23. The Morgan fingerprint density at radius 2 is 1.90 bits per heavy atom. The number of nitrogens with zero attached hydrogens (tertiary/aromatic N) is 1. The number of likely N-dealkylation sites (tertiary alicyclic amines) is 1. The molecule has 1 aromatic carbocycles. The van der Waals surface area contributed by atoms with E-state index in [1.54, 1.807) is 0 Å². The van der Waals surface area contributed by atoms with Crippen LogP contribution in [-0.2, 0) is 0 Å². The molecule has 1 aromatic rings. The molecule has 108 valence electrons. The predicted molar refractivity (Wildman–Crippen MR) is 84.0 cm³/mol. The van der Waals surface area contributed by atoms with E-state index in [1.165, 1.54) is 12.8 Å². The van der Waals surface area contributed by atoms with Crippen LogP contribution in [0.4, 0.5) is 0 Å². The lowest BCUT2D eigenvalue weighted by atomic mass is 10.0. The molecule has 0 aromatic heterocycles. The number of hydrogen-bond donors (Lipinski definition) is 1. The zero-order valence-corrected chi connectivity index (χ0v) is 13.4. The van der Waals surface area contributed by atoms with E-state index in [9.17, 15) is 4.79 Å². The van der Waals surface area contributed by atoms with Crippen molar-refractivity contribution < 1.29 is 4.79 Å². The SMILES string of the molecule is Cc1cc(Br)cc(C(=O)NC2CCN(C3CC3)CC2)c1. The number of aryl methyl sites for hydroxylation is 1. The molecule has 1 N–H and O–H groups in total. The van der Waals surface area contributed by atoms with Crippen molar-refractivity contribution in [1.82, 2.24) is 10.2 Å². The zero-order valence-electron chi connectivity index (χ0n) is 11.9. The number of rotatable bonds is 3. The maximum absolute atomic E-state index is 12.3. The van der Waals surface area contributed by atoms with Gasteiger partial charge in [-0.15, -0.1) is 0 Å². The average molecular weight is 337 g/mol. The fourth-order valence-electron chi connectivity index (χ4n) is 2.98. The normalized spacial score (nSPS) is 20.9. The van der Waals surface area contributed by atoms with Gasteiger partial charge in [0.2, 0.25) is 0 Å². The molecule has 1 aliphatic heterocycles. The highest BCUT2D eigenvalue weighted by atomic mass is 79.9. The van der Waals surface area contributed by atoms with Crippen LogP contribution in [0.15, 0.2) is 22.7 Å². The van der Waals surface area contributed by atoms with Crippen LogP contribution >= 0.6 is 15.9 Å².